The molecule has 1 aliphatic heterocycles. The molecule has 5 nitrogen and oxygen atoms in total. The number of carbonyl (C=O) groups is 2. The Labute approximate surface area is 137 Å². The van der Waals surface area contributed by atoms with Crippen molar-refractivity contribution in [3.63, 3.8) is 0 Å². The van der Waals surface area contributed by atoms with E-state index >= 15 is 0 Å². The Bertz CT molecular complexity index is 576. The van der Waals surface area contributed by atoms with Crippen LogP contribution in [0.4, 0.5) is 5.69 Å². The molecule has 1 aliphatic carbocycles. The van der Waals surface area contributed by atoms with Crippen LogP contribution in [-0.2, 0) is 9.59 Å². The summed E-state index contributed by atoms with van der Waals surface area (Å²) in [5.74, 6) is 0.875. The minimum atomic E-state index is 0.0429. The summed E-state index contributed by atoms with van der Waals surface area (Å²) in [6.45, 7) is 4.93. The number of benzene rings is 1. The van der Waals surface area contributed by atoms with Gasteiger partial charge in [-0.15, -0.1) is 0 Å². The second-order valence-electron chi connectivity index (χ2n) is 6.56. The van der Waals surface area contributed by atoms with Crippen molar-refractivity contribution in [2.24, 2.45) is 0 Å². The molecule has 2 fully saturated rings. The Kier molecular flexibility index (Phi) is 4.55. The summed E-state index contributed by atoms with van der Waals surface area (Å²) in [4.78, 5) is 27.8. The van der Waals surface area contributed by atoms with E-state index < -0.39 is 0 Å². The minimum absolute atomic E-state index is 0.0429. The molecule has 0 radical (unpaired) electrons. The average molecular weight is 316 g/mol. The second kappa shape index (κ2) is 6.60. The van der Waals surface area contributed by atoms with Gasteiger partial charge in [0.15, 0.2) is 6.61 Å². The molecule has 1 aromatic rings. The van der Waals surface area contributed by atoms with Gasteiger partial charge in [0.1, 0.15) is 5.75 Å². The SMILES string of the molecule is CC(C)N(C(=O)COc1ccc(N2CCCC2=O)cc1)C1CC1. The molecule has 0 atom stereocenters. The van der Waals surface area contributed by atoms with Gasteiger partial charge in [0.05, 0.1) is 0 Å². The molecule has 0 bridgehead atoms. The lowest BCUT2D eigenvalue weighted by molar-refractivity contribution is -0.135. The van der Waals surface area contributed by atoms with Gasteiger partial charge in [0.2, 0.25) is 5.91 Å². The monoisotopic (exact) mass is 316 g/mol. The zero-order chi connectivity index (χ0) is 16.4. The molecule has 2 aliphatic rings. The van der Waals surface area contributed by atoms with Crippen LogP contribution in [0.1, 0.15) is 39.5 Å². The van der Waals surface area contributed by atoms with Gasteiger partial charge in [-0.25, -0.2) is 0 Å². The summed E-state index contributed by atoms with van der Waals surface area (Å²) in [6.07, 6.45) is 3.74. The maximum atomic E-state index is 12.3. The Balaban J connectivity index is 1.56. The van der Waals surface area contributed by atoms with Crippen LogP contribution in [0, 0.1) is 0 Å². The predicted molar refractivity (Wildman–Crippen MR) is 88.5 cm³/mol. The normalized spacial score (nSPS) is 17.7. The van der Waals surface area contributed by atoms with Gasteiger partial charge in [0.25, 0.3) is 5.91 Å². The van der Waals surface area contributed by atoms with Crippen molar-refractivity contribution in [1.82, 2.24) is 4.90 Å². The van der Waals surface area contributed by atoms with Gasteiger partial charge in [-0.1, -0.05) is 0 Å². The molecule has 1 aromatic carbocycles. The van der Waals surface area contributed by atoms with Gasteiger partial charge < -0.3 is 14.5 Å². The summed E-state index contributed by atoms with van der Waals surface area (Å²) in [7, 11) is 0. The van der Waals surface area contributed by atoms with Crippen LogP contribution in [-0.4, -0.2) is 41.9 Å². The first kappa shape index (κ1) is 15.8. The molecule has 5 heteroatoms. The number of rotatable bonds is 6. The average Bonchev–Trinajstić information content (AvgIpc) is 3.26. The minimum Gasteiger partial charge on any atom is -0.484 e. The van der Waals surface area contributed by atoms with Gasteiger partial charge in [-0.3, -0.25) is 9.59 Å². The van der Waals surface area contributed by atoms with Gasteiger partial charge in [0, 0.05) is 30.7 Å². The van der Waals surface area contributed by atoms with Gasteiger partial charge >= 0.3 is 0 Å². The van der Waals surface area contributed by atoms with Crippen molar-refractivity contribution >= 4 is 17.5 Å². The Hall–Kier alpha value is -2.04. The maximum Gasteiger partial charge on any atom is 0.260 e. The highest BCUT2D eigenvalue weighted by Gasteiger charge is 2.34. The Morgan fingerprint density at radius 1 is 1.30 bits per heavy atom. The topological polar surface area (TPSA) is 49.9 Å². The molecule has 0 unspecified atom stereocenters. The van der Waals surface area contributed by atoms with E-state index in [0.29, 0.717) is 18.2 Å². The van der Waals surface area contributed by atoms with Crippen LogP contribution in [0.15, 0.2) is 24.3 Å². The van der Waals surface area contributed by atoms with Crippen LogP contribution in [0.3, 0.4) is 0 Å². The third-order valence-electron chi connectivity index (χ3n) is 4.37. The van der Waals surface area contributed by atoms with E-state index in [1.165, 1.54) is 0 Å². The zero-order valence-electron chi connectivity index (χ0n) is 13.8. The lowest BCUT2D eigenvalue weighted by atomic mass is 10.2. The molecule has 0 spiro atoms. The Morgan fingerprint density at radius 3 is 2.52 bits per heavy atom. The van der Waals surface area contributed by atoms with Crippen LogP contribution >= 0.6 is 0 Å². The number of ether oxygens (including phenoxy) is 1. The van der Waals surface area contributed by atoms with Crippen LogP contribution in [0.5, 0.6) is 5.75 Å². The number of nitrogens with zero attached hydrogens (tertiary/aromatic N) is 2. The molecular weight excluding hydrogens is 292 g/mol. The van der Waals surface area contributed by atoms with E-state index in [2.05, 4.69) is 0 Å². The maximum absolute atomic E-state index is 12.3. The van der Waals surface area contributed by atoms with E-state index in [1.807, 2.05) is 43.0 Å². The number of amides is 2. The third-order valence-corrected chi connectivity index (χ3v) is 4.37. The number of hydrogen-bond donors (Lipinski definition) is 0. The molecule has 1 saturated heterocycles. The highest BCUT2D eigenvalue weighted by atomic mass is 16.5. The first-order valence-electron chi connectivity index (χ1n) is 8.40. The molecule has 1 saturated carbocycles. The molecule has 23 heavy (non-hydrogen) atoms. The molecule has 124 valence electrons. The van der Waals surface area contributed by atoms with E-state index in [9.17, 15) is 9.59 Å². The molecular formula is C18H24N2O3. The number of hydrogen-bond acceptors (Lipinski definition) is 3. The fourth-order valence-electron chi connectivity index (χ4n) is 3.13. The van der Waals surface area contributed by atoms with Crippen LogP contribution in [0.2, 0.25) is 0 Å². The largest absolute Gasteiger partial charge is 0.484 e. The van der Waals surface area contributed by atoms with Crippen molar-refractivity contribution in [1.29, 1.82) is 0 Å². The van der Waals surface area contributed by atoms with E-state index in [4.69, 9.17) is 4.74 Å². The third kappa shape index (κ3) is 3.66. The molecule has 0 aromatic heterocycles. The molecule has 3 rings (SSSR count). The smallest absolute Gasteiger partial charge is 0.260 e. The van der Waals surface area contributed by atoms with Crippen molar-refractivity contribution in [2.75, 3.05) is 18.1 Å². The first-order chi connectivity index (χ1) is 11.1. The Morgan fingerprint density at radius 2 is 2.00 bits per heavy atom. The number of carbonyl (C=O) groups excluding carboxylic acids is 2. The van der Waals surface area contributed by atoms with Gasteiger partial charge in [-0.2, -0.15) is 0 Å². The molecule has 0 N–H and O–H groups in total. The highest BCUT2D eigenvalue weighted by molar-refractivity contribution is 5.95. The van der Waals surface area contributed by atoms with Gasteiger partial charge in [-0.05, 0) is 57.4 Å². The summed E-state index contributed by atoms with van der Waals surface area (Å²) in [6, 6.07) is 8.02. The van der Waals surface area contributed by atoms with Crippen molar-refractivity contribution in [3.8, 4) is 5.75 Å². The summed E-state index contributed by atoms with van der Waals surface area (Å²) >= 11 is 0. The van der Waals surface area contributed by atoms with Crippen LogP contribution < -0.4 is 9.64 Å². The van der Waals surface area contributed by atoms with E-state index in [-0.39, 0.29) is 24.5 Å². The second-order valence-corrected chi connectivity index (χ2v) is 6.56. The highest BCUT2D eigenvalue weighted by Crippen LogP contribution is 2.29. The van der Waals surface area contributed by atoms with E-state index in [0.717, 1.165) is 31.5 Å². The van der Waals surface area contributed by atoms with Crippen molar-refractivity contribution in [2.45, 2.75) is 51.6 Å². The van der Waals surface area contributed by atoms with E-state index in [1.54, 1.807) is 4.90 Å². The van der Waals surface area contributed by atoms with Crippen molar-refractivity contribution in [3.05, 3.63) is 24.3 Å². The lowest BCUT2D eigenvalue weighted by Gasteiger charge is -2.26. The quantitative estimate of drug-likeness (QED) is 0.810. The molecule has 1 heterocycles. The summed E-state index contributed by atoms with van der Waals surface area (Å²) < 4.78 is 5.63. The fourth-order valence-corrected chi connectivity index (χ4v) is 3.13. The summed E-state index contributed by atoms with van der Waals surface area (Å²) in [5, 5.41) is 0. The van der Waals surface area contributed by atoms with Crippen LogP contribution in [0.25, 0.3) is 0 Å². The summed E-state index contributed by atoms with van der Waals surface area (Å²) in [5.41, 5.74) is 0.896. The predicted octanol–water partition coefficient (Wildman–Crippen LogP) is 2.59. The molecule has 2 amide bonds. The fraction of sp³-hybridized carbons (Fsp3) is 0.556. The standard InChI is InChI=1S/C18H24N2O3/c1-13(2)20(15-5-6-15)18(22)12-23-16-9-7-14(8-10-16)19-11-3-4-17(19)21/h7-10,13,15H,3-6,11-12H2,1-2H3. The first-order valence-corrected chi connectivity index (χ1v) is 8.40. The lowest BCUT2D eigenvalue weighted by Crippen LogP contribution is -2.41. The van der Waals surface area contributed by atoms with Crippen molar-refractivity contribution < 1.29 is 14.3 Å². The number of anilines is 1. The zero-order valence-corrected chi connectivity index (χ0v) is 13.8.